The Balaban J connectivity index is 1.18. The van der Waals surface area contributed by atoms with Crippen LogP contribution in [-0.2, 0) is 35.3 Å². The van der Waals surface area contributed by atoms with Crippen molar-refractivity contribution in [1.82, 2.24) is 20.4 Å². The Bertz CT molecular complexity index is 1220. The van der Waals surface area contributed by atoms with Crippen LogP contribution in [0, 0.1) is 0 Å². The van der Waals surface area contributed by atoms with Gasteiger partial charge in [0.05, 0.1) is 27.1 Å². The molecule has 0 saturated heterocycles. The number of aryl methyl sites for hydroxylation is 2. The van der Waals surface area contributed by atoms with Crippen molar-refractivity contribution in [2.75, 3.05) is 24.9 Å². The molecule has 2 heterocycles. The van der Waals surface area contributed by atoms with Crippen LogP contribution in [0.15, 0.2) is 48.5 Å². The largest absolute Gasteiger partial charge is 0.497 e. The van der Waals surface area contributed by atoms with E-state index in [0.717, 1.165) is 39.1 Å². The number of carbonyl (C=O) groups is 2. The maximum Gasteiger partial charge on any atom is 0.230 e. The smallest absolute Gasteiger partial charge is 0.230 e. The minimum absolute atomic E-state index is 0.150. The fourth-order valence-electron chi connectivity index (χ4n) is 3.39. The SMILES string of the molecule is COc1ccc(CC(=O)Nc2nnc(CCCc3nnc(NC(=O)Cc4ccc(OC)cc4)s3)s2)cc1. The summed E-state index contributed by atoms with van der Waals surface area (Å²) < 4.78 is 10.3. The highest BCUT2D eigenvalue weighted by Crippen LogP contribution is 2.21. The van der Waals surface area contributed by atoms with Crippen LogP contribution in [0.2, 0.25) is 0 Å². The lowest BCUT2D eigenvalue weighted by molar-refractivity contribution is -0.116. The summed E-state index contributed by atoms with van der Waals surface area (Å²) in [6.45, 7) is 0. The van der Waals surface area contributed by atoms with Gasteiger partial charge in [0.25, 0.3) is 0 Å². The van der Waals surface area contributed by atoms with Gasteiger partial charge in [0.2, 0.25) is 22.1 Å². The van der Waals surface area contributed by atoms with Gasteiger partial charge in [0.15, 0.2) is 0 Å². The first-order valence-electron chi connectivity index (χ1n) is 11.5. The quantitative estimate of drug-likeness (QED) is 0.278. The van der Waals surface area contributed by atoms with E-state index >= 15 is 0 Å². The van der Waals surface area contributed by atoms with Crippen LogP contribution in [0.1, 0.15) is 27.6 Å². The molecule has 0 fully saturated rings. The van der Waals surface area contributed by atoms with Crippen molar-refractivity contribution in [2.24, 2.45) is 0 Å². The number of nitrogens with one attached hydrogen (secondary N) is 2. The van der Waals surface area contributed by atoms with Crippen LogP contribution in [-0.4, -0.2) is 46.4 Å². The highest BCUT2D eigenvalue weighted by atomic mass is 32.1. The predicted molar refractivity (Wildman–Crippen MR) is 142 cm³/mol. The zero-order valence-electron chi connectivity index (χ0n) is 20.4. The van der Waals surface area contributed by atoms with Crippen molar-refractivity contribution in [3.8, 4) is 11.5 Å². The molecule has 0 saturated carbocycles. The molecule has 0 aliphatic heterocycles. The molecule has 2 aromatic carbocycles. The predicted octanol–water partition coefficient (Wildman–Crippen LogP) is 3.94. The van der Waals surface area contributed by atoms with Crippen molar-refractivity contribution >= 4 is 44.8 Å². The first-order chi connectivity index (χ1) is 18.0. The van der Waals surface area contributed by atoms with E-state index in [4.69, 9.17) is 9.47 Å². The third kappa shape index (κ3) is 8.05. The normalized spacial score (nSPS) is 10.6. The van der Waals surface area contributed by atoms with Crippen LogP contribution in [0.25, 0.3) is 0 Å². The summed E-state index contributed by atoms with van der Waals surface area (Å²) in [5.41, 5.74) is 1.77. The molecule has 2 amide bonds. The highest BCUT2D eigenvalue weighted by molar-refractivity contribution is 7.15. The summed E-state index contributed by atoms with van der Waals surface area (Å²) in [6.07, 6.45) is 2.68. The van der Waals surface area contributed by atoms with Gasteiger partial charge in [-0.25, -0.2) is 0 Å². The van der Waals surface area contributed by atoms with Crippen molar-refractivity contribution in [3.05, 3.63) is 69.7 Å². The number of amides is 2. The van der Waals surface area contributed by atoms with Crippen LogP contribution >= 0.6 is 22.7 Å². The Kier molecular flexibility index (Phi) is 9.11. The molecule has 2 N–H and O–H groups in total. The minimum atomic E-state index is -0.150. The standard InChI is InChI=1S/C25H26N6O4S2/c1-34-18-10-6-16(7-11-18)14-20(32)26-24-30-28-22(36-24)4-3-5-23-29-31-25(37-23)27-21(33)15-17-8-12-19(35-2)13-9-17/h6-13H,3-5,14-15H2,1-2H3,(H,26,30,32)(H,27,31,33). The molecule has 0 aliphatic rings. The summed E-state index contributed by atoms with van der Waals surface area (Å²) in [5.74, 6) is 1.20. The van der Waals surface area contributed by atoms with E-state index < -0.39 is 0 Å². The molecule has 0 aliphatic carbocycles. The molecule has 4 rings (SSSR count). The average Bonchev–Trinajstić information content (AvgIpc) is 3.54. The number of ether oxygens (including phenoxy) is 2. The molecule has 0 unspecified atom stereocenters. The molecule has 12 heteroatoms. The van der Waals surface area contributed by atoms with Crippen LogP contribution < -0.4 is 20.1 Å². The van der Waals surface area contributed by atoms with E-state index in [1.165, 1.54) is 22.7 Å². The van der Waals surface area contributed by atoms with Gasteiger partial charge in [-0.3, -0.25) is 9.59 Å². The third-order valence-corrected chi connectivity index (χ3v) is 7.05. The number of methoxy groups -OCH3 is 2. The van der Waals surface area contributed by atoms with Crippen molar-refractivity contribution in [2.45, 2.75) is 32.1 Å². The van der Waals surface area contributed by atoms with Gasteiger partial charge >= 0.3 is 0 Å². The number of benzene rings is 2. The van der Waals surface area contributed by atoms with Gasteiger partial charge in [-0.05, 0) is 41.8 Å². The minimum Gasteiger partial charge on any atom is -0.497 e. The third-order valence-electron chi connectivity index (χ3n) is 5.26. The van der Waals surface area contributed by atoms with E-state index in [2.05, 4.69) is 31.0 Å². The maximum atomic E-state index is 12.3. The molecule has 0 radical (unpaired) electrons. The fourth-order valence-corrected chi connectivity index (χ4v) is 4.98. The Hall–Kier alpha value is -3.90. The first kappa shape index (κ1) is 26.2. The van der Waals surface area contributed by atoms with Gasteiger partial charge in [-0.15, -0.1) is 20.4 Å². The van der Waals surface area contributed by atoms with Gasteiger partial charge in [-0.2, -0.15) is 0 Å². The average molecular weight is 539 g/mol. The lowest BCUT2D eigenvalue weighted by atomic mass is 10.1. The van der Waals surface area contributed by atoms with Gasteiger partial charge in [0.1, 0.15) is 21.5 Å². The summed E-state index contributed by atoms with van der Waals surface area (Å²) >= 11 is 2.72. The molecule has 0 spiro atoms. The van der Waals surface area contributed by atoms with Gasteiger partial charge in [0, 0.05) is 12.8 Å². The molecule has 37 heavy (non-hydrogen) atoms. The van der Waals surface area contributed by atoms with E-state index in [9.17, 15) is 9.59 Å². The molecule has 0 bridgehead atoms. The molecular weight excluding hydrogens is 512 g/mol. The van der Waals surface area contributed by atoms with Gasteiger partial charge < -0.3 is 20.1 Å². The first-order valence-corrected chi connectivity index (χ1v) is 13.1. The van der Waals surface area contributed by atoms with E-state index in [0.29, 0.717) is 23.1 Å². The molecule has 10 nitrogen and oxygen atoms in total. The Labute approximate surface area is 222 Å². The maximum absolute atomic E-state index is 12.3. The topological polar surface area (TPSA) is 128 Å². The van der Waals surface area contributed by atoms with E-state index in [1.54, 1.807) is 14.2 Å². The second-order valence-corrected chi connectivity index (χ2v) is 10.1. The number of hydrogen-bond acceptors (Lipinski definition) is 10. The summed E-state index contributed by atoms with van der Waals surface area (Å²) in [6, 6.07) is 14.7. The van der Waals surface area contributed by atoms with Crippen molar-refractivity contribution in [3.63, 3.8) is 0 Å². The summed E-state index contributed by atoms with van der Waals surface area (Å²) in [5, 5.41) is 24.7. The summed E-state index contributed by atoms with van der Waals surface area (Å²) in [4.78, 5) is 24.6. The van der Waals surface area contributed by atoms with Gasteiger partial charge in [-0.1, -0.05) is 46.9 Å². The van der Waals surface area contributed by atoms with Crippen molar-refractivity contribution < 1.29 is 19.1 Å². The second-order valence-electron chi connectivity index (χ2n) is 8.00. The second kappa shape index (κ2) is 12.9. The Morgan fingerprint density at radius 3 is 1.46 bits per heavy atom. The lowest BCUT2D eigenvalue weighted by Crippen LogP contribution is -2.14. The monoisotopic (exact) mass is 538 g/mol. The molecule has 2 aromatic heterocycles. The van der Waals surface area contributed by atoms with Crippen LogP contribution in [0.3, 0.4) is 0 Å². The molecule has 192 valence electrons. The number of nitrogens with zero attached hydrogens (tertiary/aromatic N) is 4. The van der Waals surface area contributed by atoms with E-state index in [-0.39, 0.29) is 24.7 Å². The van der Waals surface area contributed by atoms with E-state index in [1.807, 2.05) is 48.5 Å². The lowest BCUT2D eigenvalue weighted by Gasteiger charge is -2.03. The number of aromatic nitrogens is 4. The number of rotatable bonds is 12. The Morgan fingerprint density at radius 2 is 1.08 bits per heavy atom. The highest BCUT2D eigenvalue weighted by Gasteiger charge is 2.12. The number of carbonyl (C=O) groups excluding carboxylic acids is 2. The zero-order valence-corrected chi connectivity index (χ0v) is 22.0. The number of anilines is 2. The Morgan fingerprint density at radius 1 is 0.676 bits per heavy atom. The zero-order chi connectivity index (χ0) is 26.0. The van der Waals surface area contributed by atoms with Crippen molar-refractivity contribution in [1.29, 1.82) is 0 Å². The fraction of sp³-hybridized carbons (Fsp3) is 0.280. The van der Waals surface area contributed by atoms with Crippen LogP contribution in [0.4, 0.5) is 10.3 Å². The summed E-state index contributed by atoms with van der Waals surface area (Å²) in [7, 11) is 3.21. The number of hydrogen-bond donors (Lipinski definition) is 2. The molecular formula is C25H26N6O4S2. The molecule has 4 aromatic rings. The van der Waals surface area contributed by atoms with Crippen LogP contribution in [0.5, 0.6) is 11.5 Å². The molecule has 0 atom stereocenters.